The summed E-state index contributed by atoms with van der Waals surface area (Å²) >= 11 is 0. The van der Waals surface area contributed by atoms with Crippen LogP contribution in [-0.4, -0.2) is 23.7 Å². The van der Waals surface area contributed by atoms with Crippen molar-refractivity contribution in [3.05, 3.63) is 35.4 Å². The zero-order chi connectivity index (χ0) is 14.1. The van der Waals surface area contributed by atoms with E-state index in [1.807, 2.05) is 0 Å². The maximum atomic E-state index is 11.8. The third-order valence-corrected chi connectivity index (χ3v) is 2.86. The van der Waals surface area contributed by atoms with E-state index in [2.05, 4.69) is 6.92 Å². The van der Waals surface area contributed by atoms with Crippen LogP contribution in [0.25, 0.3) is 0 Å². The SMILES string of the molecule is CCCCCCCOC(=O)c1ccccc1C(=O)O. The number of carboxylic acid groups (broad SMARTS) is 1. The Hall–Kier alpha value is -1.84. The molecule has 19 heavy (non-hydrogen) atoms. The van der Waals surface area contributed by atoms with Gasteiger partial charge in [0.25, 0.3) is 0 Å². The summed E-state index contributed by atoms with van der Waals surface area (Å²) in [5.41, 5.74) is 0.0991. The predicted octanol–water partition coefficient (Wildman–Crippen LogP) is 3.51. The molecule has 1 N–H and O–H groups in total. The van der Waals surface area contributed by atoms with Crippen molar-refractivity contribution in [2.24, 2.45) is 0 Å². The lowest BCUT2D eigenvalue weighted by molar-refractivity contribution is 0.0487. The molecule has 0 aliphatic rings. The molecule has 0 bridgehead atoms. The molecule has 0 aliphatic heterocycles. The smallest absolute Gasteiger partial charge is 0.339 e. The van der Waals surface area contributed by atoms with E-state index in [4.69, 9.17) is 9.84 Å². The minimum atomic E-state index is -1.12. The number of hydrogen-bond acceptors (Lipinski definition) is 3. The first-order valence-corrected chi connectivity index (χ1v) is 6.66. The molecule has 0 fully saturated rings. The maximum Gasteiger partial charge on any atom is 0.339 e. The van der Waals surface area contributed by atoms with E-state index < -0.39 is 11.9 Å². The van der Waals surface area contributed by atoms with E-state index in [0.717, 1.165) is 19.3 Å². The number of carbonyl (C=O) groups excluding carboxylic acids is 1. The molecule has 4 nitrogen and oxygen atoms in total. The van der Waals surface area contributed by atoms with E-state index in [9.17, 15) is 9.59 Å². The highest BCUT2D eigenvalue weighted by molar-refractivity contribution is 6.02. The van der Waals surface area contributed by atoms with Gasteiger partial charge in [0.2, 0.25) is 0 Å². The summed E-state index contributed by atoms with van der Waals surface area (Å²) in [5.74, 6) is -1.68. The van der Waals surface area contributed by atoms with Crippen molar-refractivity contribution in [2.45, 2.75) is 39.0 Å². The summed E-state index contributed by atoms with van der Waals surface area (Å²) in [6, 6.07) is 6.10. The van der Waals surface area contributed by atoms with Crippen molar-refractivity contribution in [3.63, 3.8) is 0 Å². The third-order valence-electron chi connectivity index (χ3n) is 2.86. The Morgan fingerprint density at radius 1 is 1.05 bits per heavy atom. The first kappa shape index (κ1) is 15.2. The van der Waals surface area contributed by atoms with Crippen LogP contribution < -0.4 is 0 Å². The Kier molecular flexibility index (Phi) is 6.64. The zero-order valence-corrected chi connectivity index (χ0v) is 11.2. The summed E-state index contributed by atoms with van der Waals surface area (Å²) in [6.45, 7) is 2.49. The summed E-state index contributed by atoms with van der Waals surface area (Å²) in [5, 5.41) is 8.98. The summed E-state index contributed by atoms with van der Waals surface area (Å²) in [6.07, 6.45) is 5.35. The van der Waals surface area contributed by atoms with Crippen molar-refractivity contribution in [3.8, 4) is 0 Å². The van der Waals surface area contributed by atoms with Crippen LogP contribution in [-0.2, 0) is 4.74 Å². The van der Waals surface area contributed by atoms with Gasteiger partial charge in [-0.2, -0.15) is 0 Å². The third kappa shape index (κ3) is 5.12. The molecule has 0 radical (unpaired) electrons. The van der Waals surface area contributed by atoms with E-state index in [0.29, 0.717) is 6.61 Å². The second-order valence-electron chi connectivity index (χ2n) is 4.40. The van der Waals surface area contributed by atoms with Gasteiger partial charge < -0.3 is 9.84 Å². The van der Waals surface area contributed by atoms with Crippen LogP contribution in [0.3, 0.4) is 0 Å². The molecule has 0 spiro atoms. The van der Waals surface area contributed by atoms with Gasteiger partial charge in [0.05, 0.1) is 17.7 Å². The Balaban J connectivity index is 2.43. The average molecular weight is 264 g/mol. The zero-order valence-electron chi connectivity index (χ0n) is 11.2. The predicted molar refractivity (Wildman–Crippen MR) is 72.4 cm³/mol. The van der Waals surface area contributed by atoms with Crippen LogP contribution >= 0.6 is 0 Å². The van der Waals surface area contributed by atoms with Crippen LogP contribution in [0.2, 0.25) is 0 Å². The standard InChI is InChI=1S/C15H20O4/c1-2-3-4-5-8-11-19-15(18)13-10-7-6-9-12(13)14(16)17/h6-7,9-10H,2-5,8,11H2,1H3,(H,16,17). The number of carboxylic acids is 1. The number of ether oxygens (including phenoxy) is 1. The summed E-state index contributed by atoms with van der Waals surface area (Å²) in [4.78, 5) is 22.7. The number of benzene rings is 1. The molecule has 0 heterocycles. The van der Waals surface area contributed by atoms with E-state index in [1.165, 1.54) is 25.0 Å². The molecule has 0 unspecified atom stereocenters. The number of hydrogen-bond donors (Lipinski definition) is 1. The minimum absolute atomic E-state index is 0.0153. The quantitative estimate of drug-likeness (QED) is 0.576. The second-order valence-corrected chi connectivity index (χ2v) is 4.40. The fraction of sp³-hybridized carbons (Fsp3) is 0.467. The van der Waals surface area contributed by atoms with Crippen LogP contribution in [0.4, 0.5) is 0 Å². The van der Waals surface area contributed by atoms with Gasteiger partial charge in [-0.15, -0.1) is 0 Å². The Morgan fingerprint density at radius 2 is 1.68 bits per heavy atom. The minimum Gasteiger partial charge on any atom is -0.478 e. The maximum absolute atomic E-state index is 11.8. The molecule has 0 atom stereocenters. The number of esters is 1. The Bertz CT molecular complexity index is 426. The van der Waals surface area contributed by atoms with Crippen molar-refractivity contribution < 1.29 is 19.4 Å². The number of carbonyl (C=O) groups is 2. The van der Waals surface area contributed by atoms with Gasteiger partial charge in [-0.1, -0.05) is 44.7 Å². The molecule has 0 saturated heterocycles. The lowest BCUT2D eigenvalue weighted by Crippen LogP contribution is -2.12. The molecule has 0 aromatic heterocycles. The fourth-order valence-corrected chi connectivity index (χ4v) is 1.80. The molecule has 0 saturated carbocycles. The van der Waals surface area contributed by atoms with Gasteiger partial charge in [0.15, 0.2) is 0 Å². The summed E-state index contributed by atoms with van der Waals surface area (Å²) in [7, 11) is 0. The van der Waals surface area contributed by atoms with Crippen LogP contribution in [0.15, 0.2) is 24.3 Å². The monoisotopic (exact) mass is 264 g/mol. The first-order chi connectivity index (χ1) is 9.16. The number of rotatable bonds is 8. The van der Waals surface area contributed by atoms with E-state index in [1.54, 1.807) is 12.1 Å². The van der Waals surface area contributed by atoms with E-state index >= 15 is 0 Å². The molecular weight excluding hydrogens is 244 g/mol. The molecule has 1 aromatic rings. The van der Waals surface area contributed by atoms with Crippen LogP contribution in [0, 0.1) is 0 Å². The highest BCUT2D eigenvalue weighted by atomic mass is 16.5. The molecule has 0 aliphatic carbocycles. The molecule has 4 heteroatoms. The molecule has 104 valence electrons. The first-order valence-electron chi connectivity index (χ1n) is 6.66. The van der Waals surface area contributed by atoms with Crippen molar-refractivity contribution in [1.29, 1.82) is 0 Å². The molecule has 1 aromatic carbocycles. The van der Waals surface area contributed by atoms with Gasteiger partial charge in [-0.25, -0.2) is 9.59 Å². The Morgan fingerprint density at radius 3 is 2.32 bits per heavy atom. The van der Waals surface area contributed by atoms with Crippen molar-refractivity contribution in [1.82, 2.24) is 0 Å². The van der Waals surface area contributed by atoms with Crippen molar-refractivity contribution in [2.75, 3.05) is 6.61 Å². The number of unbranched alkanes of at least 4 members (excludes halogenated alkanes) is 4. The summed E-state index contributed by atoms with van der Waals surface area (Å²) < 4.78 is 5.10. The fourth-order valence-electron chi connectivity index (χ4n) is 1.80. The van der Waals surface area contributed by atoms with Crippen LogP contribution in [0.1, 0.15) is 59.7 Å². The van der Waals surface area contributed by atoms with Crippen LogP contribution in [0.5, 0.6) is 0 Å². The highest BCUT2D eigenvalue weighted by Gasteiger charge is 2.16. The molecular formula is C15H20O4. The number of aromatic carboxylic acids is 1. The lowest BCUT2D eigenvalue weighted by atomic mass is 10.1. The van der Waals surface area contributed by atoms with Gasteiger partial charge in [0, 0.05) is 0 Å². The normalized spacial score (nSPS) is 10.2. The Labute approximate surface area is 113 Å². The average Bonchev–Trinajstić information content (AvgIpc) is 2.42. The second kappa shape index (κ2) is 8.29. The molecule has 1 rings (SSSR count). The lowest BCUT2D eigenvalue weighted by Gasteiger charge is -2.07. The topological polar surface area (TPSA) is 63.6 Å². The highest BCUT2D eigenvalue weighted by Crippen LogP contribution is 2.11. The molecule has 0 amide bonds. The van der Waals surface area contributed by atoms with Gasteiger partial charge in [0.1, 0.15) is 0 Å². The van der Waals surface area contributed by atoms with Gasteiger partial charge in [-0.3, -0.25) is 0 Å². The van der Waals surface area contributed by atoms with Crippen molar-refractivity contribution >= 4 is 11.9 Å². The van der Waals surface area contributed by atoms with E-state index in [-0.39, 0.29) is 11.1 Å². The van der Waals surface area contributed by atoms with Gasteiger partial charge >= 0.3 is 11.9 Å². The van der Waals surface area contributed by atoms with Gasteiger partial charge in [-0.05, 0) is 18.6 Å². The largest absolute Gasteiger partial charge is 0.478 e.